The fourth-order valence-corrected chi connectivity index (χ4v) is 1.93. The summed E-state index contributed by atoms with van der Waals surface area (Å²) >= 11 is 0. The van der Waals surface area contributed by atoms with Crippen LogP contribution in [0.4, 0.5) is 10.1 Å². The van der Waals surface area contributed by atoms with E-state index in [0.717, 1.165) is 0 Å². The largest absolute Gasteiger partial charge is 0.491 e. The lowest BCUT2D eigenvalue weighted by molar-refractivity contribution is -0.120. The van der Waals surface area contributed by atoms with Crippen LogP contribution in [0.5, 0.6) is 5.75 Å². The third-order valence-corrected chi connectivity index (χ3v) is 2.96. The van der Waals surface area contributed by atoms with Gasteiger partial charge in [-0.15, -0.1) is 0 Å². The zero-order valence-electron chi connectivity index (χ0n) is 10.7. The zero-order valence-corrected chi connectivity index (χ0v) is 10.7. The highest BCUT2D eigenvalue weighted by Gasteiger charge is 2.31. The van der Waals surface area contributed by atoms with Crippen molar-refractivity contribution in [3.63, 3.8) is 0 Å². The first-order valence-corrected chi connectivity index (χ1v) is 6.18. The number of ether oxygens (including phenoxy) is 2. The predicted molar refractivity (Wildman–Crippen MR) is 68.5 cm³/mol. The van der Waals surface area contributed by atoms with E-state index in [-0.39, 0.29) is 17.7 Å². The highest BCUT2D eigenvalue weighted by atomic mass is 19.1. The zero-order chi connectivity index (χ0) is 13.8. The Hall–Kier alpha value is -1.66. The van der Waals surface area contributed by atoms with Gasteiger partial charge in [0, 0.05) is 17.8 Å². The molecule has 0 saturated carbocycles. The van der Waals surface area contributed by atoms with Crippen LogP contribution < -0.4 is 15.8 Å². The first kappa shape index (κ1) is 13.8. The average molecular weight is 268 g/mol. The lowest BCUT2D eigenvalue weighted by atomic mass is 10.0. The van der Waals surface area contributed by atoms with Gasteiger partial charge in [-0.25, -0.2) is 4.39 Å². The Labute approximate surface area is 110 Å². The van der Waals surface area contributed by atoms with E-state index in [4.69, 9.17) is 15.2 Å². The molecule has 6 heteroatoms. The summed E-state index contributed by atoms with van der Waals surface area (Å²) in [6.07, 6.45) is 0. The van der Waals surface area contributed by atoms with E-state index in [2.05, 4.69) is 5.32 Å². The van der Waals surface area contributed by atoms with E-state index in [0.29, 0.717) is 25.5 Å². The fourth-order valence-electron chi connectivity index (χ4n) is 1.93. The number of nitrogens with one attached hydrogen (secondary N) is 1. The standard InChI is InChI=1S/C13H17FN2O3/c1-2-19-12-4-3-8(5-10(12)14)16-13(17)9-6-18-7-11(9)15/h3-5,9,11H,2,6-7,15H2,1H3,(H,16,17). The molecule has 1 fully saturated rings. The quantitative estimate of drug-likeness (QED) is 0.858. The van der Waals surface area contributed by atoms with Gasteiger partial charge in [-0.2, -0.15) is 0 Å². The number of benzene rings is 1. The van der Waals surface area contributed by atoms with E-state index in [1.807, 2.05) is 0 Å². The van der Waals surface area contributed by atoms with Gasteiger partial charge in [0.05, 0.1) is 25.7 Å². The molecular weight excluding hydrogens is 251 g/mol. The topological polar surface area (TPSA) is 73.6 Å². The van der Waals surface area contributed by atoms with Gasteiger partial charge in [0.25, 0.3) is 0 Å². The van der Waals surface area contributed by atoms with Crippen LogP contribution in [0, 0.1) is 11.7 Å². The SMILES string of the molecule is CCOc1ccc(NC(=O)C2COCC2N)cc1F. The van der Waals surface area contributed by atoms with Crippen molar-refractivity contribution in [2.24, 2.45) is 11.7 Å². The molecule has 1 aromatic carbocycles. The van der Waals surface area contributed by atoms with Gasteiger partial charge >= 0.3 is 0 Å². The van der Waals surface area contributed by atoms with Crippen molar-refractivity contribution < 1.29 is 18.7 Å². The van der Waals surface area contributed by atoms with Crippen LogP contribution in [-0.2, 0) is 9.53 Å². The van der Waals surface area contributed by atoms with Crippen LogP contribution in [0.1, 0.15) is 6.92 Å². The molecule has 2 atom stereocenters. The molecule has 0 spiro atoms. The van der Waals surface area contributed by atoms with Gasteiger partial charge in [0.15, 0.2) is 11.6 Å². The Bertz CT molecular complexity index is 467. The van der Waals surface area contributed by atoms with Crippen molar-refractivity contribution in [2.75, 3.05) is 25.1 Å². The molecule has 0 aliphatic carbocycles. The molecule has 1 saturated heterocycles. The highest BCUT2D eigenvalue weighted by Crippen LogP contribution is 2.22. The molecule has 19 heavy (non-hydrogen) atoms. The number of hydrogen-bond acceptors (Lipinski definition) is 4. The molecule has 2 rings (SSSR count). The molecule has 0 radical (unpaired) electrons. The Morgan fingerprint density at radius 2 is 2.37 bits per heavy atom. The fraction of sp³-hybridized carbons (Fsp3) is 0.462. The molecule has 1 aromatic rings. The molecule has 0 aromatic heterocycles. The minimum atomic E-state index is -0.508. The van der Waals surface area contributed by atoms with Gasteiger partial charge < -0.3 is 20.5 Å². The highest BCUT2D eigenvalue weighted by molar-refractivity contribution is 5.93. The van der Waals surface area contributed by atoms with Gasteiger partial charge in [-0.05, 0) is 19.1 Å². The third-order valence-electron chi connectivity index (χ3n) is 2.96. The third kappa shape index (κ3) is 3.21. The van der Waals surface area contributed by atoms with E-state index in [9.17, 15) is 9.18 Å². The number of halogens is 1. The van der Waals surface area contributed by atoms with Crippen LogP contribution in [0.25, 0.3) is 0 Å². The number of amides is 1. The van der Waals surface area contributed by atoms with Crippen LogP contribution in [0.15, 0.2) is 18.2 Å². The monoisotopic (exact) mass is 268 g/mol. The van der Waals surface area contributed by atoms with Crippen molar-refractivity contribution in [1.29, 1.82) is 0 Å². The smallest absolute Gasteiger partial charge is 0.231 e. The van der Waals surface area contributed by atoms with Crippen molar-refractivity contribution >= 4 is 11.6 Å². The molecule has 1 aliphatic heterocycles. The van der Waals surface area contributed by atoms with Crippen molar-refractivity contribution in [2.45, 2.75) is 13.0 Å². The minimum absolute atomic E-state index is 0.168. The summed E-state index contributed by atoms with van der Waals surface area (Å²) in [4.78, 5) is 11.9. The number of carbonyl (C=O) groups excluding carboxylic acids is 1. The lowest BCUT2D eigenvalue weighted by Crippen LogP contribution is -2.37. The maximum atomic E-state index is 13.6. The number of hydrogen-bond donors (Lipinski definition) is 2. The van der Waals surface area contributed by atoms with Gasteiger partial charge in [-0.3, -0.25) is 4.79 Å². The van der Waals surface area contributed by atoms with E-state index >= 15 is 0 Å². The normalized spacial score (nSPS) is 22.3. The molecule has 5 nitrogen and oxygen atoms in total. The summed E-state index contributed by atoms with van der Waals surface area (Å²) in [6.45, 7) is 2.83. The molecule has 2 unspecified atom stereocenters. The summed E-state index contributed by atoms with van der Waals surface area (Å²) in [5.41, 5.74) is 6.13. The lowest BCUT2D eigenvalue weighted by Gasteiger charge is -2.14. The number of carbonyl (C=O) groups is 1. The minimum Gasteiger partial charge on any atom is -0.491 e. The molecule has 1 aliphatic rings. The molecule has 104 valence electrons. The van der Waals surface area contributed by atoms with E-state index < -0.39 is 11.7 Å². The average Bonchev–Trinajstić information content (AvgIpc) is 2.79. The summed E-state index contributed by atoms with van der Waals surface area (Å²) < 4.78 is 23.8. The maximum absolute atomic E-state index is 13.6. The van der Waals surface area contributed by atoms with Crippen molar-refractivity contribution in [3.8, 4) is 5.75 Å². The maximum Gasteiger partial charge on any atom is 0.231 e. The van der Waals surface area contributed by atoms with Crippen LogP contribution in [-0.4, -0.2) is 31.8 Å². The van der Waals surface area contributed by atoms with Crippen molar-refractivity contribution in [3.05, 3.63) is 24.0 Å². The molecule has 1 heterocycles. The van der Waals surface area contributed by atoms with Crippen molar-refractivity contribution in [1.82, 2.24) is 0 Å². The molecule has 0 bridgehead atoms. The first-order chi connectivity index (χ1) is 9.11. The number of rotatable bonds is 4. The number of anilines is 1. The number of nitrogens with two attached hydrogens (primary N) is 1. The molecule has 3 N–H and O–H groups in total. The summed E-state index contributed by atoms with van der Waals surface area (Å²) in [5.74, 6) is -0.990. The Morgan fingerprint density at radius 1 is 1.58 bits per heavy atom. The van der Waals surface area contributed by atoms with Gasteiger partial charge in [0.2, 0.25) is 5.91 Å². The predicted octanol–water partition coefficient (Wildman–Crippen LogP) is 1.14. The van der Waals surface area contributed by atoms with E-state index in [1.54, 1.807) is 13.0 Å². The first-order valence-electron chi connectivity index (χ1n) is 6.18. The molecular formula is C13H17FN2O3. The van der Waals surface area contributed by atoms with Crippen LogP contribution in [0.3, 0.4) is 0 Å². The van der Waals surface area contributed by atoms with Crippen LogP contribution >= 0.6 is 0 Å². The van der Waals surface area contributed by atoms with Gasteiger partial charge in [0.1, 0.15) is 0 Å². The Kier molecular flexibility index (Phi) is 4.34. The second-order valence-electron chi connectivity index (χ2n) is 4.38. The van der Waals surface area contributed by atoms with E-state index in [1.165, 1.54) is 12.1 Å². The summed E-state index contributed by atoms with van der Waals surface area (Å²) in [6, 6.07) is 3.99. The van der Waals surface area contributed by atoms with Crippen LogP contribution in [0.2, 0.25) is 0 Å². The summed E-state index contributed by atoms with van der Waals surface area (Å²) in [7, 11) is 0. The second-order valence-corrected chi connectivity index (χ2v) is 4.38. The Morgan fingerprint density at radius 3 is 2.95 bits per heavy atom. The van der Waals surface area contributed by atoms with Gasteiger partial charge in [-0.1, -0.05) is 0 Å². The molecule has 1 amide bonds. The Balaban J connectivity index is 2.03. The summed E-state index contributed by atoms with van der Waals surface area (Å²) in [5, 5.41) is 2.63. The second kappa shape index (κ2) is 5.99.